The van der Waals surface area contributed by atoms with E-state index in [0.717, 1.165) is 88.7 Å². The lowest BCUT2D eigenvalue weighted by molar-refractivity contribution is 0.569. The van der Waals surface area contributed by atoms with Crippen LogP contribution < -0.4 is 9.80 Å². The fraction of sp³-hybridized carbons (Fsp3) is 0.130. The Morgan fingerprint density at radius 2 is 0.918 bits per heavy atom. The molecule has 0 amide bonds. The Hall–Kier alpha value is -7.43. The topological polar surface area (TPSA) is 6.48 Å². The zero-order valence-corrected chi connectivity index (χ0v) is 44.6. The average Bonchev–Trinajstić information content (AvgIpc) is 3.40. The van der Waals surface area contributed by atoms with Crippen molar-refractivity contribution in [3.63, 3.8) is 0 Å². The van der Waals surface area contributed by atoms with Crippen molar-refractivity contribution in [3.05, 3.63) is 286 Å². The molecular weight excluding hydrogens is 972 g/mol. The maximum atomic E-state index is 7.12. The van der Waals surface area contributed by atoms with Crippen LogP contribution in [0.15, 0.2) is 247 Å². The SMILES string of the molecule is CC(C)(C)c1cc(-c2cccc(N(c3cc(Br)cc(C4(c5cccc(Cl)c5)c5ccccc5N(c5ccccc5)c5ccccc54)c3)c3c(-c4ccccc4)cccc3-c3ccccc3)c2)cc(C(C)(C)C)c1. The molecule has 358 valence electrons. The highest BCUT2D eigenvalue weighted by molar-refractivity contribution is 9.10. The molecule has 4 heteroatoms. The van der Waals surface area contributed by atoms with Gasteiger partial charge < -0.3 is 9.80 Å². The number of benzene rings is 10. The van der Waals surface area contributed by atoms with Gasteiger partial charge in [0.05, 0.1) is 22.5 Å². The smallest absolute Gasteiger partial charge is 0.0743 e. The minimum Gasteiger partial charge on any atom is -0.310 e. The summed E-state index contributed by atoms with van der Waals surface area (Å²) < 4.78 is 0.953. The van der Waals surface area contributed by atoms with Crippen molar-refractivity contribution < 1.29 is 0 Å². The van der Waals surface area contributed by atoms with Crippen LogP contribution in [0.4, 0.5) is 34.1 Å². The summed E-state index contributed by atoms with van der Waals surface area (Å²) in [6.07, 6.45) is 0. The van der Waals surface area contributed by atoms with Crippen molar-refractivity contribution >= 4 is 61.7 Å². The highest BCUT2D eigenvalue weighted by Crippen LogP contribution is 2.59. The normalized spacial score (nSPS) is 13.0. The average molecular weight is 1030 g/mol. The van der Waals surface area contributed by atoms with Gasteiger partial charge in [-0.15, -0.1) is 0 Å². The largest absolute Gasteiger partial charge is 0.310 e. The van der Waals surface area contributed by atoms with E-state index in [2.05, 4.69) is 304 Å². The molecule has 1 heterocycles. The van der Waals surface area contributed by atoms with Gasteiger partial charge in [-0.3, -0.25) is 0 Å². The van der Waals surface area contributed by atoms with Crippen LogP contribution in [0.2, 0.25) is 5.02 Å². The Kier molecular flexibility index (Phi) is 12.6. The van der Waals surface area contributed by atoms with E-state index in [1.807, 2.05) is 6.07 Å². The Morgan fingerprint density at radius 1 is 0.411 bits per heavy atom. The molecule has 0 atom stereocenters. The van der Waals surface area contributed by atoms with Gasteiger partial charge in [-0.25, -0.2) is 0 Å². The molecule has 0 bridgehead atoms. The summed E-state index contributed by atoms with van der Waals surface area (Å²) in [6.45, 7) is 13.9. The maximum absolute atomic E-state index is 7.12. The highest BCUT2D eigenvalue weighted by atomic mass is 79.9. The first-order chi connectivity index (χ1) is 35.3. The Bertz CT molecular complexity index is 3490. The molecule has 0 saturated carbocycles. The van der Waals surface area contributed by atoms with Gasteiger partial charge in [0.2, 0.25) is 0 Å². The number of anilines is 6. The lowest BCUT2D eigenvalue weighted by atomic mass is 9.62. The third kappa shape index (κ3) is 8.90. The van der Waals surface area contributed by atoms with E-state index in [9.17, 15) is 0 Å². The molecule has 11 rings (SSSR count). The Balaban J connectivity index is 1.24. The molecule has 0 spiro atoms. The summed E-state index contributed by atoms with van der Waals surface area (Å²) in [5.41, 5.74) is 19.5. The number of fused-ring (bicyclic) bond motifs is 2. The van der Waals surface area contributed by atoms with Gasteiger partial charge in [0, 0.05) is 37.7 Å². The van der Waals surface area contributed by atoms with Crippen LogP contribution in [-0.4, -0.2) is 0 Å². The molecule has 10 aromatic carbocycles. The van der Waals surface area contributed by atoms with Gasteiger partial charge in [0.15, 0.2) is 0 Å². The molecule has 0 saturated heterocycles. The second kappa shape index (κ2) is 19.2. The number of halogens is 2. The van der Waals surface area contributed by atoms with E-state index >= 15 is 0 Å². The molecule has 0 aromatic heterocycles. The predicted molar refractivity (Wildman–Crippen MR) is 314 cm³/mol. The summed E-state index contributed by atoms with van der Waals surface area (Å²) in [5, 5.41) is 0.681. The van der Waals surface area contributed by atoms with Gasteiger partial charge in [0.25, 0.3) is 0 Å². The molecule has 0 N–H and O–H groups in total. The molecule has 0 unspecified atom stereocenters. The first kappa shape index (κ1) is 47.9. The van der Waals surface area contributed by atoms with Crippen molar-refractivity contribution in [1.29, 1.82) is 0 Å². The van der Waals surface area contributed by atoms with Gasteiger partial charge >= 0.3 is 0 Å². The zero-order valence-electron chi connectivity index (χ0n) is 42.2. The molecule has 1 aliphatic rings. The molecule has 0 radical (unpaired) electrons. The van der Waals surface area contributed by atoms with Crippen LogP contribution in [-0.2, 0) is 16.2 Å². The van der Waals surface area contributed by atoms with Crippen molar-refractivity contribution in [3.8, 4) is 33.4 Å². The van der Waals surface area contributed by atoms with E-state index in [-0.39, 0.29) is 10.8 Å². The van der Waals surface area contributed by atoms with E-state index in [1.54, 1.807) is 0 Å². The summed E-state index contributed by atoms with van der Waals surface area (Å²) in [7, 11) is 0. The Labute approximate surface area is 445 Å². The fourth-order valence-corrected chi connectivity index (χ4v) is 11.6. The summed E-state index contributed by atoms with van der Waals surface area (Å²) in [5.74, 6) is 0. The first-order valence-corrected chi connectivity index (χ1v) is 26.4. The molecule has 1 aliphatic heterocycles. The number of hydrogen-bond donors (Lipinski definition) is 0. The van der Waals surface area contributed by atoms with Crippen molar-refractivity contribution in [2.24, 2.45) is 0 Å². The van der Waals surface area contributed by atoms with E-state index in [4.69, 9.17) is 11.6 Å². The molecule has 73 heavy (non-hydrogen) atoms. The highest BCUT2D eigenvalue weighted by Gasteiger charge is 2.47. The van der Waals surface area contributed by atoms with Crippen molar-refractivity contribution in [1.82, 2.24) is 0 Å². The number of rotatable bonds is 9. The van der Waals surface area contributed by atoms with Crippen LogP contribution in [0.5, 0.6) is 0 Å². The van der Waals surface area contributed by atoms with Crippen molar-refractivity contribution in [2.75, 3.05) is 9.80 Å². The standard InChI is InChI=1S/C69H58BrClN2/c1-67(2,3)52-39-50(40-53(42-52)68(4,5)6)49-27-20-32-58(41-49)72(66-60(47-23-10-7-11-24-47)33-22-34-61(66)48-25-12-8-13-26-48)59-45-54(43-55(70)46-59)69(51-28-21-29-56(71)44-51)62-35-16-18-37-64(62)73(57-30-14-9-15-31-57)65-38-19-17-36-63(65)69/h7-46H,1-6H3. The molecular formula is C69H58BrClN2. The predicted octanol–water partition coefficient (Wildman–Crippen LogP) is 20.3. The second-order valence-electron chi connectivity index (χ2n) is 21.3. The van der Waals surface area contributed by atoms with E-state index in [0.29, 0.717) is 5.02 Å². The third-order valence-electron chi connectivity index (χ3n) is 14.5. The van der Waals surface area contributed by atoms with Crippen LogP contribution in [0.1, 0.15) is 74.9 Å². The van der Waals surface area contributed by atoms with Gasteiger partial charge in [-0.2, -0.15) is 0 Å². The number of nitrogens with zero attached hydrogens (tertiary/aromatic N) is 2. The lowest BCUT2D eigenvalue weighted by Crippen LogP contribution is -2.38. The van der Waals surface area contributed by atoms with Gasteiger partial charge in [-0.05, 0) is 133 Å². The first-order valence-electron chi connectivity index (χ1n) is 25.2. The van der Waals surface area contributed by atoms with Gasteiger partial charge in [0.1, 0.15) is 0 Å². The summed E-state index contributed by atoms with van der Waals surface area (Å²) in [4.78, 5) is 4.91. The summed E-state index contributed by atoms with van der Waals surface area (Å²) in [6, 6.07) is 88.7. The van der Waals surface area contributed by atoms with E-state index in [1.165, 1.54) is 16.7 Å². The quantitative estimate of drug-likeness (QED) is 0.142. The minimum absolute atomic E-state index is 0.0427. The number of hydrogen-bond acceptors (Lipinski definition) is 2. The lowest BCUT2D eigenvalue weighted by Gasteiger charge is -2.46. The van der Waals surface area contributed by atoms with Gasteiger partial charge in [-0.1, -0.05) is 245 Å². The Morgan fingerprint density at radius 3 is 1.48 bits per heavy atom. The molecule has 10 aromatic rings. The minimum atomic E-state index is -0.826. The van der Waals surface area contributed by atoms with Crippen LogP contribution in [0, 0.1) is 0 Å². The zero-order chi connectivity index (χ0) is 50.5. The summed E-state index contributed by atoms with van der Waals surface area (Å²) >= 11 is 11.3. The van der Waals surface area contributed by atoms with Crippen molar-refractivity contribution in [2.45, 2.75) is 57.8 Å². The second-order valence-corrected chi connectivity index (χ2v) is 22.6. The third-order valence-corrected chi connectivity index (χ3v) is 15.2. The number of para-hydroxylation sites is 4. The molecule has 0 fully saturated rings. The molecule has 2 nitrogen and oxygen atoms in total. The van der Waals surface area contributed by atoms with E-state index < -0.39 is 5.41 Å². The van der Waals surface area contributed by atoms with Crippen LogP contribution in [0.3, 0.4) is 0 Å². The van der Waals surface area contributed by atoms with Crippen LogP contribution >= 0.6 is 27.5 Å². The van der Waals surface area contributed by atoms with Crippen LogP contribution in [0.25, 0.3) is 33.4 Å². The fourth-order valence-electron chi connectivity index (χ4n) is 10.9. The molecule has 0 aliphatic carbocycles. The maximum Gasteiger partial charge on any atom is 0.0743 e. The monoisotopic (exact) mass is 1030 g/mol.